The van der Waals surface area contributed by atoms with E-state index in [1.807, 2.05) is 32.0 Å². The van der Waals surface area contributed by atoms with Crippen LogP contribution in [0.1, 0.15) is 34.5 Å². The molecule has 1 aromatic heterocycles. The van der Waals surface area contributed by atoms with E-state index in [0.29, 0.717) is 11.6 Å². The zero-order valence-electron chi connectivity index (χ0n) is 13.9. The molecule has 0 spiro atoms. The number of carbonyl (C=O) groups is 1. The van der Waals surface area contributed by atoms with Crippen molar-refractivity contribution in [3.63, 3.8) is 0 Å². The molecule has 3 rings (SSSR count). The second-order valence-electron chi connectivity index (χ2n) is 6.33. The first-order valence-electron chi connectivity index (χ1n) is 8.10. The summed E-state index contributed by atoms with van der Waals surface area (Å²) >= 11 is 5.99. The molecular formula is C18H21ClN4O. The number of anilines is 2. The largest absolute Gasteiger partial charge is 0.368 e. The van der Waals surface area contributed by atoms with Crippen molar-refractivity contribution >= 4 is 29.2 Å². The van der Waals surface area contributed by atoms with Crippen molar-refractivity contribution in [3.8, 4) is 0 Å². The second-order valence-corrected chi connectivity index (χ2v) is 6.77. The van der Waals surface area contributed by atoms with Crippen molar-refractivity contribution in [2.75, 3.05) is 23.7 Å². The minimum absolute atomic E-state index is 0.0462. The van der Waals surface area contributed by atoms with Crippen molar-refractivity contribution in [3.05, 3.63) is 46.1 Å². The minimum Gasteiger partial charge on any atom is -0.368 e. The number of nitrogens with zero attached hydrogens (tertiary/aromatic N) is 3. The number of rotatable bonds is 3. The fraction of sp³-hybridized carbons (Fsp3) is 0.389. The Morgan fingerprint density at radius 3 is 2.79 bits per heavy atom. The molecule has 1 atom stereocenters. The van der Waals surface area contributed by atoms with Crippen molar-refractivity contribution in [2.45, 2.75) is 26.7 Å². The zero-order valence-corrected chi connectivity index (χ0v) is 14.7. The summed E-state index contributed by atoms with van der Waals surface area (Å²) in [5, 5.41) is 0.654. The molecule has 0 saturated carbocycles. The molecule has 2 aromatic rings. The SMILES string of the molecule is Cc1cc(N2CCC[C@@H](C(=O)c3ccc(Cl)cc3C)C2)nc(N)n1. The highest BCUT2D eigenvalue weighted by atomic mass is 35.5. The monoisotopic (exact) mass is 344 g/mol. The van der Waals surface area contributed by atoms with Crippen LogP contribution in [0.4, 0.5) is 11.8 Å². The lowest BCUT2D eigenvalue weighted by molar-refractivity contribution is 0.0906. The summed E-state index contributed by atoms with van der Waals surface area (Å²) in [5.41, 5.74) is 8.27. The van der Waals surface area contributed by atoms with Crippen LogP contribution in [0.5, 0.6) is 0 Å². The normalized spacial score (nSPS) is 17.8. The van der Waals surface area contributed by atoms with Gasteiger partial charge in [-0.1, -0.05) is 11.6 Å². The zero-order chi connectivity index (χ0) is 17.3. The lowest BCUT2D eigenvalue weighted by atomic mass is 9.88. The number of ketones is 1. The van der Waals surface area contributed by atoms with Gasteiger partial charge in [-0.25, -0.2) is 4.98 Å². The summed E-state index contributed by atoms with van der Waals surface area (Å²) in [6.07, 6.45) is 1.84. The Bertz CT molecular complexity index is 757. The lowest BCUT2D eigenvalue weighted by Crippen LogP contribution is -2.39. The van der Waals surface area contributed by atoms with Crippen molar-refractivity contribution in [1.82, 2.24) is 9.97 Å². The standard InChI is InChI=1S/C18H21ClN4O/c1-11-8-14(19)5-6-15(11)17(24)13-4-3-7-23(10-13)16-9-12(2)21-18(20)22-16/h5-6,8-9,13H,3-4,7,10H2,1-2H3,(H2,20,21,22)/t13-/m1/s1. The lowest BCUT2D eigenvalue weighted by Gasteiger charge is -2.33. The maximum absolute atomic E-state index is 12.9. The summed E-state index contributed by atoms with van der Waals surface area (Å²) < 4.78 is 0. The van der Waals surface area contributed by atoms with Crippen molar-refractivity contribution in [2.24, 2.45) is 5.92 Å². The molecule has 1 aliphatic rings. The number of halogens is 1. The van der Waals surface area contributed by atoms with E-state index in [1.165, 1.54) is 0 Å². The van der Waals surface area contributed by atoms with Crippen LogP contribution in [-0.4, -0.2) is 28.8 Å². The van der Waals surface area contributed by atoms with E-state index in [9.17, 15) is 4.79 Å². The van der Waals surface area contributed by atoms with Gasteiger partial charge in [0.05, 0.1) is 0 Å². The molecule has 0 amide bonds. The van der Waals surface area contributed by atoms with E-state index in [4.69, 9.17) is 17.3 Å². The molecule has 6 heteroatoms. The number of nitrogens with two attached hydrogens (primary N) is 1. The van der Waals surface area contributed by atoms with Gasteiger partial charge < -0.3 is 10.6 Å². The van der Waals surface area contributed by atoms with E-state index in [1.54, 1.807) is 6.07 Å². The number of aromatic nitrogens is 2. The Balaban J connectivity index is 1.81. The minimum atomic E-state index is -0.0462. The van der Waals surface area contributed by atoms with Gasteiger partial charge in [-0.05, 0) is 50.5 Å². The van der Waals surface area contributed by atoms with E-state index >= 15 is 0 Å². The molecule has 1 aromatic carbocycles. The van der Waals surface area contributed by atoms with Gasteiger partial charge in [0.1, 0.15) is 5.82 Å². The van der Waals surface area contributed by atoms with E-state index in [-0.39, 0.29) is 17.6 Å². The fourth-order valence-corrected chi connectivity index (χ4v) is 3.49. The average Bonchev–Trinajstić information content (AvgIpc) is 2.53. The number of benzene rings is 1. The van der Waals surface area contributed by atoms with E-state index in [2.05, 4.69) is 14.9 Å². The molecule has 0 aliphatic carbocycles. The van der Waals surface area contributed by atoms with Crippen LogP contribution in [0.15, 0.2) is 24.3 Å². The van der Waals surface area contributed by atoms with Gasteiger partial charge in [-0.3, -0.25) is 4.79 Å². The van der Waals surface area contributed by atoms with Crippen LogP contribution in [0, 0.1) is 19.8 Å². The summed E-state index contributed by atoms with van der Waals surface area (Å²) in [4.78, 5) is 23.5. The fourth-order valence-electron chi connectivity index (χ4n) is 3.26. The smallest absolute Gasteiger partial charge is 0.222 e. The molecule has 1 saturated heterocycles. The van der Waals surface area contributed by atoms with Crippen LogP contribution in [0.25, 0.3) is 0 Å². The highest BCUT2D eigenvalue weighted by molar-refractivity contribution is 6.30. The van der Waals surface area contributed by atoms with E-state index in [0.717, 1.165) is 42.0 Å². The topological polar surface area (TPSA) is 72.1 Å². The third kappa shape index (κ3) is 3.51. The molecular weight excluding hydrogens is 324 g/mol. The molecule has 1 fully saturated rings. The van der Waals surface area contributed by atoms with Gasteiger partial charge in [0, 0.05) is 41.4 Å². The summed E-state index contributed by atoms with van der Waals surface area (Å²) in [6, 6.07) is 7.35. The highest BCUT2D eigenvalue weighted by Gasteiger charge is 2.28. The molecule has 24 heavy (non-hydrogen) atoms. The Labute approximate surface area is 146 Å². The third-order valence-corrected chi connectivity index (χ3v) is 4.66. The van der Waals surface area contributed by atoms with Crippen LogP contribution >= 0.6 is 11.6 Å². The van der Waals surface area contributed by atoms with E-state index < -0.39 is 0 Å². The second kappa shape index (κ2) is 6.77. The summed E-state index contributed by atoms with van der Waals surface area (Å²) in [5.74, 6) is 1.19. The number of piperidine rings is 1. The van der Waals surface area contributed by atoms with Crippen LogP contribution in [0.2, 0.25) is 5.02 Å². The van der Waals surface area contributed by atoms with Gasteiger partial charge in [0.25, 0.3) is 0 Å². The van der Waals surface area contributed by atoms with Gasteiger partial charge >= 0.3 is 0 Å². The van der Waals surface area contributed by atoms with Gasteiger partial charge in [0.2, 0.25) is 5.95 Å². The number of Topliss-reactive ketones (excluding diaryl/α,β-unsaturated/α-hetero) is 1. The number of nitrogen functional groups attached to an aromatic ring is 1. The van der Waals surface area contributed by atoms with Gasteiger partial charge in [-0.15, -0.1) is 0 Å². The van der Waals surface area contributed by atoms with Crippen molar-refractivity contribution in [1.29, 1.82) is 0 Å². The predicted molar refractivity (Wildman–Crippen MR) is 96.6 cm³/mol. The number of hydrogen-bond donors (Lipinski definition) is 1. The first kappa shape index (κ1) is 16.7. The first-order chi connectivity index (χ1) is 11.4. The average molecular weight is 345 g/mol. The van der Waals surface area contributed by atoms with Gasteiger partial charge in [0.15, 0.2) is 5.78 Å². The Morgan fingerprint density at radius 1 is 1.29 bits per heavy atom. The highest BCUT2D eigenvalue weighted by Crippen LogP contribution is 2.27. The molecule has 126 valence electrons. The number of carbonyl (C=O) groups excluding carboxylic acids is 1. The molecule has 1 aliphatic heterocycles. The number of hydrogen-bond acceptors (Lipinski definition) is 5. The molecule has 0 radical (unpaired) electrons. The Morgan fingerprint density at radius 2 is 2.08 bits per heavy atom. The van der Waals surface area contributed by atoms with Crippen LogP contribution in [-0.2, 0) is 0 Å². The number of aryl methyl sites for hydroxylation is 2. The molecule has 5 nitrogen and oxygen atoms in total. The predicted octanol–water partition coefficient (Wildman–Crippen LogP) is 3.43. The molecule has 0 unspecified atom stereocenters. The quantitative estimate of drug-likeness (QED) is 0.863. The molecule has 2 N–H and O–H groups in total. The Kier molecular flexibility index (Phi) is 4.71. The first-order valence-corrected chi connectivity index (χ1v) is 8.48. The van der Waals surface area contributed by atoms with Crippen LogP contribution < -0.4 is 10.6 Å². The third-order valence-electron chi connectivity index (χ3n) is 4.43. The van der Waals surface area contributed by atoms with Gasteiger partial charge in [-0.2, -0.15) is 4.98 Å². The molecule has 0 bridgehead atoms. The van der Waals surface area contributed by atoms with Crippen LogP contribution in [0.3, 0.4) is 0 Å². The van der Waals surface area contributed by atoms with Crippen molar-refractivity contribution < 1.29 is 4.79 Å². The maximum Gasteiger partial charge on any atom is 0.222 e. The maximum atomic E-state index is 12.9. The molecule has 2 heterocycles. The summed E-state index contributed by atoms with van der Waals surface area (Å²) in [7, 11) is 0. The summed E-state index contributed by atoms with van der Waals surface area (Å²) in [6.45, 7) is 5.34. The Hall–Kier alpha value is -2.14.